The highest BCUT2D eigenvalue weighted by atomic mass is 16.1. The molecule has 0 unspecified atom stereocenters. The van der Waals surface area contributed by atoms with Gasteiger partial charge in [-0.15, -0.1) is 0 Å². The van der Waals surface area contributed by atoms with Gasteiger partial charge in [0.15, 0.2) is 0 Å². The molecule has 2 N–H and O–H groups in total. The van der Waals surface area contributed by atoms with Crippen LogP contribution in [0.4, 0.5) is 5.82 Å². The van der Waals surface area contributed by atoms with Crippen LogP contribution in [0.2, 0.25) is 0 Å². The number of aromatic nitrogens is 3. The third-order valence-corrected chi connectivity index (χ3v) is 5.24. The lowest BCUT2D eigenvalue weighted by atomic mass is 9.82. The lowest BCUT2D eigenvalue weighted by Gasteiger charge is -2.43. The summed E-state index contributed by atoms with van der Waals surface area (Å²) in [4.78, 5) is 23.5. The second kappa shape index (κ2) is 6.26. The van der Waals surface area contributed by atoms with E-state index < -0.39 is 0 Å². The van der Waals surface area contributed by atoms with Crippen LogP contribution in [-0.2, 0) is 6.54 Å². The Balaban J connectivity index is 1.72. The number of piperidine rings is 1. The van der Waals surface area contributed by atoms with Gasteiger partial charge < -0.3 is 15.2 Å². The Bertz CT molecular complexity index is 844. The predicted octanol–water partition coefficient (Wildman–Crippen LogP) is 1.96. The van der Waals surface area contributed by atoms with Crippen LogP contribution in [0.1, 0.15) is 31.9 Å². The van der Waals surface area contributed by atoms with Crippen LogP contribution in [0.3, 0.4) is 0 Å². The number of anilines is 1. The van der Waals surface area contributed by atoms with Crippen LogP contribution in [0.5, 0.6) is 0 Å². The monoisotopic (exact) mass is 339 g/mol. The lowest BCUT2D eigenvalue weighted by Crippen LogP contribution is -2.48. The number of rotatable bonds is 3. The summed E-state index contributed by atoms with van der Waals surface area (Å²) in [5.74, 6) is 2.07. The fourth-order valence-electron chi connectivity index (χ4n) is 4.40. The van der Waals surface area contributed by atoms with Gasteiger partial charge in [-0.25, -0.2) is 9.97 Å². The molecule has 0 spiro atoms. The maximum atomic E-state index is 12.7. The highest BCUT2D eigenvalue weighted by molar-refractivity contribution is 5.61. The largest absolute Gasteiger partial charge is 0.384 e. The van der Waals surface area contributed by atoms with Crippen LogP contribution >= 0.6 is 0 Å². The first-order valence-electron chi connectivity index (χ1n) is 9.04. The first-order chi connectivity index (χ1) is 12.0. The summed E-state index contributed by atoms with van der Waals surface area (Å²) < 4.78 is 1.97. The van der Waals surface area contributed by atoms with E-state index >= 15 is 0 Å². The molecule has 2 aliphatic rings. The fourth-order valence-corrected chi connectivity index (χ4v) is 4.40. The summed E-state index contributed by atoms with van der Waals surface area (Å²) >= 11 is 0. The average molecular weight is 339 g/mol. The van der Waals surface area contributed by atoms with Gasteiger partial charge in [0.1, 0.15) is 12.1 Å². The molecule has 0 saturated carbocycles. The number of hydrogen-bond acceptors (Lipinski definition) is 5. The molecule has 0 amide bonds. The van der Waals surface area contributed by atoms with Crippen molar-refractivity contribution < 1.29 is 0 Å². The number of nitrogens with two attached hydrogens (primary N) is 1. The van der Waals surface area contributed by atoms with Crippen molar-refractivity contribution in [1.82, 2.24) is 19.4 Å². The number of likely N-dealkylation sites (tertiary alicyclic amines) is 1. The zero-order chi connectivity index (χ0) is 17.6. The number of pyridine rings is 1. The fraction of sp³-hybridized carbons (Fsp3) is 0.526. The van der Waals surface area contributed by atoms with Gasteiger partial charge >= 0.3 is 0 Å². The lowest BCUT2D eigenvalue weighted by molar-refractivity contribution is 0.109. The van der Waals surface area contributed by atoms with Crippen molar-refractivity contribution in [1.29, 1.82) is 0 Å². The summed E-state index contributed by atoms with van der Waals surface area (Å²) in [6.45, 7) is 8.61. The number of nitrogens with zero attached hydrogens (tertiary/aromatic N) is 4. The van der Waals surface area contributed by atoms with E-state index in [1.165, 1.54) is 12.7 Å². The van der Waals surface area contributed by atoms with Crippen molar-refractivity contribution in [3.63, 3.8) is 0 Å². The molecule has 2 aliphatic heterocycles. The second-order valence-electron chi connectivity index (χ2n) is 7.86. The summed E-state index contributed by atoms with van der Waals surface area (Å²) in [7, 11) is 0. The molecule has 0 radical (unpaired) electrons. The maximum Gasteiger partial charge on any atom is 0.251 e. The van der Waals surface area contributed by atoms with E-state index in [2.05, 4.69) is 34.8 Å². The van der Waals surface area contributed by atoms with Gasteiger partial charge in [-0.05, 0) is 24.3 Å². The van der Waals surface area contributed by atoms with Gasteiger partial charge in [-0.3, -0.25) is 4.79 Å². The van der Waals surface area contributed by atoms with Crippen molar-refractivity contribution in [3.05, 3.63) is 40.6 Å². The van der Waals surface area contributed by atoms with E-state index in [4.69, 9.17) is 5.73 Å². The molecule has 0 aromatic carbocycles. The third-order valence-electron chi connectivity index (χ3n) is 5.24. The SMILES string of the molecule is CC(C)CN1C[C@@H]2C[C@H](C1)c1cc(-c3cc(N)ncn3)cc(=O)n1C2. The Morgan fingerprint density at radius 1 is 1.20 bits per heavy atom. The van der Waals surface area contributed by atoms with Crippen molar-refractivity contribution in [3.8, 4) is 11.3 Å². The molecule has 0 aliphatic carbocycles. The first-order valence-corrected chi connectivity index (χ1v) is 9.04. The van der Waals surface area contributed by atoms with E-state index in [0.717, 1.165) is 37.4 Å². The smallest absolute Gasteiger partial charge is 0.251 e. The Morgan fingerprint density at radius 3 is 2.80 bits per heavy atom. The Labute approximate surface area is 147 Å². The van der Waals surface area contributed by atoms with Crippen molar-refractivity contribution in [2.45, 2.75) is 32.7 Å². The van der Waals surface area contributed by atoms with Gasteiger partial charge in [-0.2, -0.15) is 0 Å². The predicted molar refractivity (Wildman–Crippen MR) is 98.3 cm³/mol. The van der Waals surface area contributed by atoms with Gasteiger partial charge in [-0.1, -0.05) is 13.8 Å². The number of hydrogen-bond donors (Lipinski definition) is 1. The molecule has 6 heteroatoms. The van der Waals surface area contributed by atoms with E-state index in [-0.39, 0.29) is 5.56 Å². The second-order valence-corrected chi connectivity index (χ2v) is 7.86. The van der Waals surface area contributed by atoms with Crippen LogP contribution in [0.25, 0.3) is 11.3 Å². The van der Waals surface area contributed by atoms with Crippen LogP contribution in [-0.4, -0.2) is 39.1 Å². The normalized spacial score (nSPS) is 22.8. The van der Waals surface area contributed by atoms with Crippen molar-refractivity contribution in [2.24, 2.45) is 11.8 Å². The molecule has 2 bridgehead atoms. The van der Waals surface area contributed by atoms with Gasteiger partial charge in [0.05, 0.1) is 5.69 Å². The molecule has 1 fully saturated rings. The van der Waals surface area contributed by atoms with Gasteiger partial charge in [0.2, 0.25) is 0 Å². The molecular formula is C19H25N5O. The van der Waals surface area contributed by atoms with Crippen LogP contribution < -0.4 is 11.3 Å². The van der Waals surface area contributed by atoms with E-state index in [1.807, 2.05) is 4.57 Å². The highest BCUT2D eigenvalue weighted by Crippen LogP contribution is 2.36. The Morgan fingerprint density at radius 2 is 2.04 bits per heavy atom. The summed E-state index contributed by atoms with van der Waals surface area (Å²) in [6, 6.07) is 5.53. The third kappa shape index (κ3) is 3.18. The summed E-state index contributed by atoms with van der Waals surface area (Å²) in [5, 5.41) is 0. The molecule has 2 aromatic heterocycles. The standard InChI is InChI=1S/C19H25N5O/c1-12(2)7-23-8-13-3-15(10-23)17-4-14(5-19(25)24(17)9-13)16-6-18(20)22-11-21-16/h4-6,11-13,15H,3,7-10H2,1-2H3,(H2,20,21,22)/t13-,15+/m0/s1. The zero-order valence-electron chi connectivity index (χ0n) is 14.9. The minimum absolute atomic E-state index is 0.0664. The molecule has 6 nitrogen and oxygen atoms in total. The topological polar surface area (TPSA) is 77.0 Å². The minimum atomic E-state index is 0.0664. The van der Waals surface area contributed by atoms with Crippen molar-refractivity contribution in [2.75, 3.05) is 25.4 Å². The van der Waals surface area contributed by atoms with E-state index in [1.54, 1.807) is 12.1 Å². The van der Waals surface area contributed by atoms with Gasteiger partial charge in [0, 0.05) is 55.5 Å². The Kier molecular flexibility index (Phi) is 4.07. The van der Waals surface area contributed by atoms with E-state index in [9.17, 15) is 4.79 Å². The molecule has 2 aromatic rings. The zero-order valence-corrected chi connectivity index (χ0v) is 14.9. The first kappa shape index (κ1) is 16.3. The molecule has 25 heavy (non-hydrogen) atoms. The minimum Gasteiger partial charge on any atom is -0.384 e. The Hall–Kier alpha value is -2.21. The molecule has 1 saturated heterocycles. The molecule has 4 rings (SSSR count). The number of fused-ring (bicyclic) bond motifs is 4. The maximum absolute atomic E-state index is 12.7. The van der Waals surface area contributed by atoms with Crippen LogP contribution in [0, 0.1) is 11.8 Å². The summed E-state index contributed by atoms with van der Waals surface area (Å²) in [5.41, 5.74) is 8.54. The van der Waals surface area contributed by atoms with Crippen LogP contribution in [0.15, 0.2) is 29.3 Å². The molecule has 132 valence electrons. The van der Waals surface area contributed by atoms with Crippen molar-refractivity contribution >= 4 is 5.82 Å². The van der Waals surface area contributed by atoms with Gasteiger partial charge in [0.25, 0.3) is 5.56 Å². The number of nitrogen functional groups attached to an aromatic ring is 1. The average Bonchev–Trinajstić information content (AvgIpc) is 2.55. The highest BCUT2D eigenvalue weighted by Gasteiger charge is 2.35. The molecular weight excluding hydrogens is 314 g/mol. The van der Waals surface area contributed by atoms with E-state index in [0.29, 0.717) is 29.3 Å². The quantitative estimate of drug-likeness (QED) is 0.925. The molecule has 4 heterocycles. The summed E-state index contributed by atoms with van der Waals surface area (Å²) in [6.07, 6.45) is 2.62. The molecule has 2 atom stereocenters.